The van der Waals surface area contributed by atoms with Crippen molar-refractivity contribution in [3.63, 3.8) is 0 Å². The number of halogens is 1. The molecule has 3 N–H and O–H groups in total. The Morgan fingerprint density at radius 3 is 2.55 bits per heavy atom. The molecule has 6 nitrogen and oxygen atoms in total. The molecule has 0 aliphatic carbocycles. The molecule has 1 aromatic carbocycles. The largest absolute Gasteiger partial charge is 0.398 e. The molecule has 0 saturated heterocycles. The fourth-order valence-corrected chi connectivity index (χ4v) is 3.17. The molecule has 0 aliphatic rings. The average molecular weight is 298 g/mol. The first kappa shape index (κ1) is 14.3. The van der Waals surface area contributed by atoms with Gasteiger partial charge in [0, 0.05) is 7.05 Å². The molecular formula is C12H15FN4O2S. The minimum atomic E-state index is -3.97. The first-order chi connectivity index (χ1) is 9.22. The Morgan fingerprint density at radius 1 is 1.35 bits per heavy atom. The highest BCUT2D eigenvalue weighted by Crippen LogP contribution is 2.25. The van der Waals surface area contributed by atoms with Gasteiger partial charge in [-0.3, -0.25) is 9.40 Å². The molecule has 0 saturated carbocycles. The Balaban J connectivity index is 2.49. The molecule has 2 rings (SSSR count). The van der Waals surface area contributed by atoms with E-state index in [-0.39, 0.29) is 10.6 Å². The van der Waals surface area contributed by atoms with Gasteiger partial charge in [0.15, 0.2) is 0 Å². The van der Waals surface area contributed by atoms with E-state index < -0.39 is 15.8 Å². The summed E-state index contributed by atoms with van der Waals surface area (Å²) in [6.07, 6.45) is 0. The second-order valence-electron chi connectivity index (χ2n) is 4.46. The van der Waals surface area contributed by atoms with Crippen LogP contribution < -0.4 is 10.5 Å². The number of aryl methyl sites for hydroxylation is 2. The van der Waals surface area contributed by atoms with Gasteiger partial charge in [0.1, 0.15) is 10.7 Å². The van der Waals surface area contributed by atoms with Crippen LogP contribution in [0.5, 0.6) is 0 Å². The Labute approximate surface area is 116 Å². The third kappa shape index (κ3) is 2.46. The predicted molar refractivity (Wildman–Crippen MR) is 74.3 cm³/mol. The van der Waals surface area contributed by atoms with Gasteiger partial charge in [-0.2, -0.15) is 5.10 Å². The van der Waals surface area contributed by atoms with Crippen molar-refractivity contribution in [2.75, 3.05) is 10.5 Å². The lowest BCUT2D eigenvalue weighted by atomic mass is 10.3. The molecule has 0 amide bonds. The minimum Gasteiger partial charge on any atom is -0.398 e. The maximum absolute atomic E-state index is 13.2. The van der Waals surface area contributed by atoms with Crippen LogP contribution in [0.15, 0.2) is 23.1 Å². The lowest BCUT2D eigenvalue weighted by Gasteiger charge is -2.10. The summed E-state index contributed by atoms with van der Waals surface area (Å²) >= 11 is 0. The van der Waals surface area contributed by atoms with Gasteiger partial charge in [0.25, 0.3) is 10.0 Å². The van der Waals surface area contributed by atoms with E-state index in [0.717, 1.165) is 12.1 Å². The van der Waals surface area contributed by atoms with E-state index in [2.05, 4.69) is 9.82 Å². The lowest BCUT2D eigenvalue weighted by molar-refractivity contribution is 0.596. The second-order valence-corrected chi connectivity index (χ2v) is 6.11. The molecule has 1 aromatic heterocycles. The predicted octanol–water partition coefficient (Wildman–Crippen LogP) is 1.56. The van der Waals surface area contributed by atoms with Crippen molar-refractivity contribution in [2.24, 2.45) is 7.05 Å². The molecule has 0 fully saturated rings. The van der Waals surface area contributed by atoms with E-state index in [1.54, 1.807) is 25.6 Å². The number of anilines is 2. The molecule has 108 valence electrons. The number of nitrogens with zero attached hydrogens (tertiary/aromatic N) is 2. The molecule has 0 radical (unpaired) electrons. The van der Waals surface area contributed by atoms with Crippen molar-refractivity contribution in [1.29, 1.82) is 0 Å². The molecule has 0 bridgehead atoms. The number of nitrogen functional groups attached to an aromatic ring is 1. The number of benzene rings is 1. The molecule has 8 heteroatoms. The highest BCUT2D eigenvalue weighted by molar-refractivity contribution is 7.92. The summed E-state index contributed by atoms with van der Waals surface area (Å²) < 4.78 is 41.8. The number of aromatic nitrogens is 2. The number of sulfonamides is 1. The zero-order valence-corrected chi connectivity index (χ0v) is 12.1. The Morgan fingerprint density at radius 2 is 2.00 bits per heavy atom. The molecular weight excluding hydrogens is 283 g/mol. The number of nitrogens with two attached hydrogens (primary N) is 1. The van der Waals surface area contributed by atoms with Crippen LogP contribution in [-0.2, 0) is 17.1 Å². The van der Waals surface area contributed by atoms with Gasteiger partial charge in [0.05, 0.1) is 22.8 Å². The fraction of sp³-hybridized carbons (Fsp3) is 0.250. The van der Waals surface area contributed by atoms with Gasteiger partial charge in [-0.25, -0.2) is 12.8 Å². The maximum atomic E-state index is 13.2. The van der Waals surface area contributed by atoms with E-state index >= 15 is 0 Å². The summed E-state index contributed by atoms with van der Waals surface area (Å²) in [5.74, 6) is -0.667. The van der Waals surface area contributed by atoms with Gasteiger partial charge in [-0.15, -0.1) is 0 Å². The average Bonchev–Trinajstić information content (AvgIpc) is 2.59. The lowest BCUT2D eigenvalue weighted by Crippen LogP contribution is -2.16. The standard InChI is InChI=1S/C12H15FN4O2S/c1-7-12(8(2)17(3)15-7)16-20(18,19)11-6-9(13)4-5-10(11)14/h4-6,16H,14H2,1-3H3. The quantitative estimate of drug-likeness (QED) is 0.841. The molecule has 0 unspecified atom stereocenters. The summed E-state index contributed by atoms with van der Waals surface area (Å²) in [7, 11) is -2.26. The van der Waals surface area contributed by atoms with Crippen molar-refractivity contribution in [3.05, 3.63) is 35.4 Å². The van der Waals surface area contributed by atoms with Crippen LogP contribution in [0.25, 0.3) is 0 Å². The van der Waals surface area contributed by atoms with Crippen LogP contribution in [0.3, 0.4) is 0 Å². The zero-order valence-electron chi connectivity index (χ0n) is 11.3. The van der Waals surface area contributed by atoms with Gasteiger partial charge in [0.2, 0.25) is 0 Å². The van der Waals surface area contributed by atoms with Gasteiger partial charge < -0.3 is 5.73 Å². The zero-order chi connectivity index (χ0) is 15.1. The minimum absolute atomic E-state index is 0.0157. The van der Waals surface area contributed by atoms with E-state index in [1.807, 2.05) is 0 Å². The van der Waals surface area contributed by atoms with Gasteiger partial charge >= 0.3 is 0 Å². The van der Waals surface area contributed by atoms with Crippen molar-refractivity contribution in [3.8, 4) is 0 Å². The number of rotatable bonds is 3. The molecule has 0 spiro atoms. The van der Waals surface area contributed by atoms with Gasteiger partial charge in [-0.05, 0) is 32.0 Å². The monoisotopic (exact) mass is 298 g/mol. The van der Waals surface area contributed by atoms with E-state index in [1.165, 1.54) is 6.07 Å². The normalized spacial score (nSPS) is 11.6. The summed E-state index contributed by atoms with van der Waals surface area (Å²) in [5.41, 5.74) is 7.14. The van der Waals surface area contributed by atoms with Crippen LogP contribution in [0.4, 0.5) is 15.8 Å². The van der Waals surface area contributed by atoms with Crippen LogP contribution in [0, 0.1) is 19.7 Å². The van der Waals surface area contributed by atoms with Crippen molar-refractivity contribution < 1.29 is 12.8 Å². The SMILES string of the molecule is Cc1nn(C)c(C)c1NS(=O)(=O)c1cc(F)ccc1N. The summed E-state index contributed by atoms with van der Waals surface area (Å²) in [6, 6.07) is 3.21. The number of nitrogens with one attached hydrogen (secondary N) is 1. The highest BCUT2D eigenvalue weighted by Gasteiger charge is 2.22. The van der Waals surface area contributed by atoms with E-state index in [4.69, 9.17) is 5.73 Å². The van der Waals surface area contributed by atoms with Crippen molar-refractivity contribution >= 4 is 21.4 Å². The van der Waals surface area contributed by atoms with Crippen LogP contribution in [-0.4, -0.2) is 18.2 Å². The first-order valence-electron chi connectivity index (χ1n) is 5.80. The Hall–Kier alpha value is -2.09. The molecule has 0 aliphatic heterocycles. The third-order valence-electron chi connectivity index (χ3n) is 3.01. The molecule has 2 aromatic rings. The van der Waals surface area contributed by atoms with Crippen LogP contribution >= 0.6 is 0 Å². The Bertz CT molecular complexity index is 768. The van der Waals surface area contributed by atoms with Crippen molar-refractivity contribution in [2.45, 2.75) is 18.7 Å². The Kier molecular flexibility index (Phi) is 3.43. The smallest absolute Gasteiger partial charge is 0.264 e. The first-order valence-corrected chi connectivity index (χ1v) is 7.28. The van der Waals surface area contributed by atoms with E-state index in [0.29, 0.717) is 17.1 Å². The topological polar surface area (TPSA) is 90.0 Å². The highest BCUT2D eigenvalue weighted by atomic mass is 32.2. The number of hydrogen-bond donors (Lipinski definition) is 2. The van der Waals surface area contributed by atoms with Crippen molar-refractivity contribution in [1.82, 2.24) is 9.78 Å². The summed E-state index contributed by atoms with van der Waals surface area (Å²) in [4.78, 5) is -0.292. The molecule has 1 heterocycles. The fourth-order valence-electron chi connectivity index (χ4n) is 1.85. The van der Waals surface area contributed by atoms with E-state index in [9.17, 15) is 12.8 Å². The second kappa shape index (κ2) is 4.78. The maximum Gasteiger partial charge on any atom is 0.264 e. The molecule has 20 heavy (non-hydrogen) atoms. The number of hydrogen-bond acceptors (Lipinski definition) is 4. The summed E-state index contributed by atoms with van der Waals surface area (Å²) in [6.45, 7) is 3.41. The van der Waals surface area contributed by atoms with Crippen LogP contribution in [0.1, 0.15) is 11.4 Å². The molecule has 0 atom stereocenters. The van der Waals surface area contributed by atoms with Crippen LogP contribution in [0.2, 0.25) is 0 Å². The van der Waals surface area contributed by atoms with Gasteiger partial charge in [-0.1, -0.05) is 0 Å². The third-order valence-corrected chi connectivity index (χ3v) is 4.42. The summed E-state index contributed by atoms with van der Waals surface area (Å²) in [5, 5.41) is 4.11.